The molecule has 0 aromatic carbocycles. The molecule has 0 aromatic heterocycles. The SMILES string of the molecule is CCOCOCOCOC. The smallest absolute Gasteiger partial charge is 0.152 e. The van der Waals surface area contributed by atoms with Gasteiger partial charge in [-0.1, -0.05) is 0 Å². The summed E-state index contributed by atoms with van der Waals surface area (Å²) < 4.78 is 19.1. The minimum atomic E-state index is 0.216. The minimum absolute atomic E-state index is 0.216. The molecule has 0 spiro atoms. The number of rotatable bonds is 7. The first-order chi connectivity index (χ1) is 4.91. The lowest BCUT2D eigenvalue weighted by molar-refractivity contribution is -0.162. The molecule has 0 radical (unpaired) electrons. The van der Waals surface area contributed by atoms with E-state index in [-0.39, 0.29) is 20.4 Å². The van der Waals surface area contributed by atoms with Gasteiger partial charge in [0, 0.05) is 13.7 Å². The van der Waals surface area contributed by atoms with Gasteiger partial charge in [-0.2, -0.15) is 0 Å². The molecule has 0 fully saturated rings. The zero-order chi connectivity index (χ0) is 7.66. The van der Waals surface area contributed by atoms with Gasteiger partial charge in [0.2, 0.25) is 0 Å². The molecule has 0 aromatic rings. The van der Waals surface area contributed by atoms with Crippen LogP contribution in [0.4, 0.5) is 0 Å². The monoisotopic (exact) mass is 150 g/mol. The lowest BCUT2D eigenvalue weighted by Gasteiger charge is -2.03. The van der Waals surface area contributed by atoms with Crippen molar-refractivity contribution in [3.8, 4) is 0 Å². The summed E-state index contributed by atoms with van der Waals surface area (Å²) in [5.74, 6) is 0. The maximum atomic E-state index is 4.87. The van der Waals surface area contributed by atoms with Crippen LogP contribution < -0.4 is 0 Å². The molecule has 0 bridgehead atoms. The Morgan fingerprint density at radius 3 is 2.10 bits per heavy atom. The van der Waals surface area contributed by atoms with Gasteiger partial charge in [0.1, 0.15) is 13.6 Å². The van der Waals surface area contributed by atoms with Gasteiger partial charge in [-0.05, 0) is 6.92 Å². The Bertz CT molecular complexity index is 49.7. The third-order valence-corrected chi connectivity index (χ3v) is 0.739. The standard InChI is InChI=1S/C6H14O4/c1-3-8-5-10-6-9-4-7-2/h3-6H2,1-2H3. The van der Waals surface area contributed by atoms with Gasteiger partial charge in [-0.15, -0.1) is 0 Å². The van der Waals surface area contributed by atoms with Crippen molar-refractivity contribution in [2.75, 3.05) is 34.1 Å². The second-order valence-corrected chi connectivity index (χ2v) is 1.54. The molecule has 0 N–H and O–H groups in total. The topological polar surface area (TPSA) is 36.9 Å². The molecule has 0 aliphatic heterocycles. The summed E-state index contributed by atoms with van der Waals surface area (Å²) >= 11 is 0. The molecule has 0 unspecified atom stereocenters. The van der Waals surface area contributed by atoms with Crippen molar-refractivity contribution in [1.29, 1.82) is 0 Å². The summed E-state index contributed by atoms with van der Waals surface area (Å²) in [6.45, 7) is 3.31. The first-order valence-corrected chi connectivity index (χ1v) is 3.14. The van der Waals surface area contributed by atoms with Gasteiger partial charge in [0.05, 0.1) is 0 Å². The van der Waals surface area contributed by atoms with Crippen LogP contribution in [0.5, 0.6) is 0 Å². The number of methoxy groups -OCH3 is 1. The fourth-order valence-corrected chi connectivity index (χ4v) is 0.353. The van der Waals surface area contributed by atoms with Crippen LogP contribution in [0.1, 0.15) is 6.92 Å². The fraction of sp³-hybridized carbons (Fsp3) is 1.00. The van der Waals surface area contributed by atoms with Crippen LogP contribution in [-0.2, 0) is 18.9 Å². The molecule has 10 heavy (non-hydrogen) atoms. The van der Waals surface area contributed by atoms with Crippen LogP contribution in [0, 0.1) is 0 Å². The van der Waals surface area contributed by atoms with Crippen molar-refractivity contribution in [2.45, 2.75) is 6.92 Å². The molecule has 4 nitrogen and oxygen atoms in total. The Hall–Kier alpha value is -0.160. The Morgan fingerprint density at radius 2 is 1.50 bits per heavy atom. The van der Waals surface area contributed by atoms with E-state index in [2.05, 4.69) is 4.74 Å². The first-order valence-electron chi connectivity index (χ1n) is 3.14. The maximum Gasteiger partial charge on any atom is 0.152 e. The molecule has 0 aliphatic rings. The molecule has 4 heteroatoms. The van der Waals surface area contributed by atoms with E-state index in [1.165, 1.54) is 0 Å². The van der Waals surface area contributed by atoms with Gasteiger partial charge in [-0.25, -0.2) is 0 Å². The number of hydrogen-bond donors (Lipinski definition) is 0. The lowest BCUT2D eigenvalue weighted by Crippen LogP contribution is -2.05. The average molecular weight is 150 g/mol. The zero-order valence-corrected chi connectivity index (χ0v) is 6.46. The van der Waals surface area contributed by atoms with Gasteiger partial charge in [0.15, 0.2) is 6.79 Å². The highest BCUT2D eigenvalue weighted by Crippen LogP contribution is 1.79. The highest BCUT2D eigenvalue weighted by molar-refractivity contribution is 4.06. The first kappa shape index (κ1) is 9.84. The van der Waals surface area contributed by atoms with Gasteiger partial charge < -0.3 is 18.9 Å². The molecular formula is C6H14O4. The molecule has 0 atom stereocenters. The van der Waals surface area contributed by atoms with Crippen molar-refractivity contribution in [2.24, 2.45) is 0 Å². The van der Waals surface area contributed by atoms with Crippen LogP contribution in [-0.4, -0.2) is 34.1 Å². The molecule has 0 rings (SSSR count). The molecule has 0 amide bonds. The van der Waals surface area contributed by atoms with Crippen molar-refractivity contribution in [1.82, 2.24) is 0 Å². The quantitative estimate of drug-likeness (QED) is 0.393. The third-order valence-electron chi connectivity index (χ3n) is 0.739. The highest BCUT2D eigenvalue weighted by atomic mass is 16.8. The van der Waals surface area contributed by atoms with Gasteiger partial charge in [0.25, 0.3) is 0 Å². The summed E-state index contributed by atoms with van der Waals surface area (Å²) in [5.41, 5.74) is 0. The summed E-state index contributed by atoms with van der Waals surface area (Å²) in [4.78, 5) is 0. The third kappa shape index (κ3) is 7.84. The number of ether oxygens (including phenoxy) is 4. The largest absolute Gasteiger partial charge is 0.359 e. The van der Waals surface area contributed by atoms with E-state index in [1.54, 1.807) is 7.11 Å². The molecule has 0 saturated heterocycles. The Kier molecular flexibility index (Phi) is 8.70. The van der Waals surface area contributed by atoms with E-state index < -0.39 is 0 Å². The van der Waals surface area contributed by atoms with Crippen LogP contribution in [0.15, 0.2) is 0 Å². The van der Waals surface area contributed by atoms with E-state index in [4.69, 9.17) is 14.2 Å². The minimum Gasteiger partial charge on any atom is -0.359 e. The Balaban J connectivity index is 2.65. The molecular weight excluding hydrogens is 136 g/mol. The second kappa shape index (κ2) is 8.84. The lowest BCUT2D eigenvalue weighted by atomic mass is 10.9. The zero-order valence-electron chi connectivity index (χ0n) is 6.46. The van der Waals surface area contributed by atoms with Crippen LogP contribution in [0.25, 0.3) is 0 Å². The van der Waals surface area contributed by atoms with Crippen molar-refractivity contribution in [3.05, 3.63) is 0 Å². The molecule has 0 saturated carbocycles. The second-order valence-electron chi connectivity index (χ2n) is 1.54. The predicted octanol–water partition coefficient (Wildman–Crippen LogP) is 0.575. The molecule has 62 valence electrons. The maximum absolute atomic E-state index is 4.87. The summed E-state index contributed by atoms with van der Waals surface area (Å²) in [7, 11) is 1.56. The Morgan fingerprint density at radius 1 is 0.900 bits per heavy atom. The van der Waals surface area contributed by atoms with E-state index in [1.807, 2.05) is 6.92 Å². The van der Waals surface area contributed by atoms with Crippen molar-refractivity contribution >= 4 is 0 Å². The van der Waals surface area contributed by atoms with Crippen molar-refractivity contribution < 1.29 is 18.9 Å². The van der Waals surface area contributed by atoms with Gasteiger partial charge >= 0.3 is 0 Å². The number of hydrogen-bond acceptors (Lipinski definition) is 4. The predicted molar refractivity (Wildman–Crippen MR) is 35.4 cm³/mol. The fourth-order valence-electron chi connectivity index (χ4n) is 0.353. The van der Waals surface area contributed by atoms with E-state index >= 15 is 0 Å². The van der Waals surface area contributed by atoms with Crippen LogP contribution in [0.3, 0.4) is 0 Å². The summed E-state index contributed by atoms with van der Waals surface area (Å²) in [5, 5.41) is 0. The van der Waals surface area contributed by atoms with Gasteiger partial charge in [-0.3, -0.25) is 0 Å². The van der Waals surface area contributed by atoms with E-state index in [9.17, 15) is 0 Å². The highest BCUT2D eigenvalue weighted by Gasteiger charge is 1.84. The molecule has 0 heterocycles. The summed E-state index contributed by atoms with van der Waals surface area (Å²) in [6, 6.07) is 0. The Labute approximate surface area is 61.0 Å². The summed E-state index contributed by atoms with van der Waals surface area (Å²) in [6.07, 6.45) is 0. The van der Waals surface area contributed by atoms with Crippen LogP contribution >= 0.6 is 0 Å². The molecule has 0 aliphatic carbocycles. The van der Waals surface area contributed by atoms with Crippen molar-refractivity contribution in [3.63, 3.8) is 0 Å². The normalized spacial score (nSPS) is 10.2. The van der Waals surface area contributed by atoms with Crippen LogP contribution in [0.2, 0.25) is 0 Å². The average Bonchev–Trinajstić information content (AvgIpc) is 1.97. The van der Waals surface area contributed by atoms with E-state index in [0.717, 1.165) is 0 Å². The van der Waals surface area contributed by atoms with E-state index in [0.29, 0.717) is 6.61 Å².